The molecular weight excluding hydrogens is 312 g/mol. The zero-order valence-electron chi connectivity index (χ0n) is 14.6. The van der Waals surface area contributed by atoms with Crippen molar-refractivity contribution in [3.8, 4) is 0 Å². The predicted octanol–water partition coefficient (Wildman–Crippen LogP) is 5.15. The minimum absolute atomic E-state index is 0.510. The zero-order valence-corrected chi connectivity index (χ0v) is 16.4. The van der Waals surface area contributed by atoms with Crippen LogP contribution in [0.15, 0.2) is 17.5 Å². The summed E-state index contributed by atoms with van der Waals surface area (Å²) in [5.41, 5.74) is 0. The maximum atomic E-state index is 6.17. The molecule has 0 saturated carbocycles. The van der Waals surface area contributed by atoms with Gasteiger partial charge >= 0.3 is 8.80 Å². The van der Waals surface area contributed by atoms with Crippen molar-refractivity contribution in [1.29, 1.82) is 0 Å². The van der Waals surface area contributed by atoms with E-state index in [0.29, 0.717) is 5.92 Å². The van der Waals surface area contributed by atoms with E-state index < -0.39 is 8.80 Å². The Morgan fingerprint density at radius 2 is 1.55 bits per heavy atom. The summed E-state index contributed by atoms with van der Waals surface area (Å²) >= 11 is 1.82. The normalized spacial score (nSPS) is 13.5. The van der Waals surface area contributed by atoms with E-state index >= 15 is 0 Å². The molecule has 0 fully saturated rings. The highest BCUT2D eigenvalue weighted by molar-refractivity contribution is 7.09. The molecule has 0 aliphatic carbocycles. The molecule has 1 aromatic rings. The van der Waals surface area contributed by atoms with Crippen molar-refractivity contribution in [3.05, 3.63) is 22.4 Å². The Hall–Kier alpha value is -0.203. The molecule has 0 aromatic carbocycles. The van der Waals surface area contributed by atoms with E-state index in [1.807, 2.05) is 11.3 Å². The largest absolute Gasteiger partial charge is 0.501 e. The Bertz CT molecular complexity index is 348. The van der Waals surface area contributed by atoms with Gasteiger partial charge in [-0.25, -0.2) is 0 Å². The molecule has 1 unspecified atom stereocenters. The highest BCUT2D eigenvalue weighted by Crippen LogP contribution is 2.26. The van der Waals surface area contributed by atoms with Crippen molar-refractivity contribution in [2.75, 3.05) is 19.8 Å². The Labute approximate surface area is 141 Å². The zero-order chi connectivity index (χ0) is 16.3. The van der Waals surface area contributed by atoms with Crippen molar-refractivity contribution in [1.82, 2.24) is 0 Å². The second kappa shape index (κ2) is 11.4. The van der Waals surface area contributed by atoms with Gasteiger partial charge in [0.05, 0.1) is 0 Å². The summed E-state index contributed by atoms with van der Waals surface area (Å²) in [4.78, 5) is 1.43. The quantitative estimate of drug-likeness (QED) is 0.463. The van der Waals surface area contributed by atoms with E-state index in [1.54, 1.807) is 0 Å². The van der Waals surface area contributed by atoms with Gasteiger partial charge in [0.15, 0.2) is 0 Å². The predicted molar refractivity (Wildman–Crippen MR) is 96.5 cm³/mol. The summed E-state index contributed by atoms with van der Waals surface area (Å²) in [6.07, 6.45) is 4.07. The van der Waals surface area contributed by atoms with Crippen molar-refractivity contribution in [2.24, 2.45) is 5.92 Å². The average molecular weight is 345 g/mol. The fraction of sp³-hybridized carbons (Fsp3) is 0.765. The van der Waals surface area contributed by atoms with Gasteiger partial charge in [-0.15, -0.1) is 11.3 Å². The first kappa shape index (κ1) is 19.8. The fourth-order valence-corrected chi connectivity index (χ4v) is 6.36. The monoisotopic (exact) mass is 344 g/mol. The van der Waals surface area contributed by atoms with Crippen LogP contribution in [0, 0.1) is 5.92 Å². The lowest BCUT2D eigenvalue weighted by Crippen LogP contribution is -2.48. The second-order valence-corrected chi connectivity index (χ2v) is 9.49. The summed E-state index contributed by atoms with van der Waals surface area (Å²) < 4.78 is 18.5. The molecular formula is C17H32O3SSi. The van der Waals surface area contributed by atoms with E-state index in [9.17, 15) is 0 Å². The topological polar surface area (TPSA) is 27.7 Å². The van der Waals surface area contributed by atoms with E-state index in [-0.39, 0.29) is 0 Å². The molecule has 128 valence electrons. The summed E-state index contributed by atoms with van der Waals surface area (Å²) in [5.74, 6) is 0.510. The lowest BCUT2D eigenvalue weighted by molar-refractivity contribution is 0.0558. The third kappa shape index (κ3) is 7.37. The fourth-order valence-electron chi connectivity index (χ4n) is 2.35. The lowest BCUT2D eigenvalue weighted by atomic mass is 10.1. The minimum Gasteiger partial charge on any atom is -0.373 e. The molecule has 0 bridgehead atoms. The molecule has 0 saturated heterocycles. The van der Waals surface area contributed by atoms with Crippen molar-refractivity contribution < 1.29 is 13.3 Å². The van der Waals surface area contributed by atoms with Crippen LogP contribution in [-0.2, 0) is 19.7 Å². The van der Waals surface area contributed by atoms with Gasteiger partial charge in [0.1, 0.15) is 0 Å². The molecule has 5 heteroatoms. The van der Waals surface area contributed by atoms with Gasteiger partial charge in [-0.2, -0.15) is 0 Å². The first-order chi connectivity index (χ1) is 10.7. The Morgan fingerprint density at radius 3 is 1.95 bits per heavy atom. The smallest absolute Gasteiger partial charge is 0.373 e. The molecule has 0 aliphatic rings. The highest BCUT2D eigenvalue weighted by Gasteiger charge is 2.42. The Kier molecular flexibility index (Phi) is 10.2. The first-order valence-electron chi connectivity index (χ1n) is 8.60. The van der Waals surface area contributed by atoms with Crippen LogP contribution in [0.4, 0.5) is 0 Å². The molecule has 0 amide bonds. The summed E-state index contributed by atoms with van der Waals surface area (Å²) in [5, 5.41) is 2.14. The van der Waals surface area contributed by atoms with Gasteiger partial charge in [0.25, 0.3) is 0 Å². The first-order valence-corrected chi connectivity index (χ1v) is 11.4. The number of hydrogen-bond acceptors (Lipinski definition) is 4. The lowest BCUT2D eigenvalue weighted by Gasteiger charge is -2.31. The van der Waals surface area contributed by atoms with Gasteiger partial charge in [-0.05, 0) is 43.0 Å². The van der Waals surface area contributed by atoms with E-state index in [2.05, 4.69) is 45.2 Å². The van der Waals surface area contributed by atoms with Gasteiger partial charge < -0.3 is 13.3 Å². The second-order valence-electron chi connectivity index (χ2n) is 5.82. The molecule has 22 heavy (non-hydrogen) atoms. The summed E-state index contributed by atoms with van der Waals surface area (Å²) in [7, 11) is -2.55. The van der Waals surface area contributed by atoms with Crippen LogP contribution in [0.5, 0.6) is 0 Å². The summed E-state index contributed by atoms with van der Waals surface area (Å²) in [6.45, 7) is 10.9. The number of rotatable bonds is 13. The van der Waals surface area contributed by atoms with Gasteiger partial charge in [0.2, 0.25) is 0 Å². The molecule has 1 aromatic heterocycles. The molecule has 1 heterocycles. The standard InChI is InChI=1S/C17H32O3SSi/c1-5-10-18-22(19-11-6-2,20-12-7-3)15-16(4)14-17-9-8-13-21-17/h8-9,13,16H,5-7,10-12,14-15H2,1-4H3. The van der Waals surface area contributed by atoms with E-state index in [0.717, 1.165) is 51.5 Å². The van der Waals surface area contributed by atoms with Gasteiger partial charge in [0, 0.05) is 30.7 Å². The van der Waals surface area contributed by atoms with Crippen LogP contribution in [0.25, 0.3) is 0 Å². The van der Waals surface area contributed by atoms with Crippen molar-refractivity contribution in [2.45, 2.75) is 59.4 Å². The molecule has 0 radical (unpaired) electrons. The van der Waals surface area contributed by atoms with Crippen LogP contribution in [0.3, 0.4) is 0 Å². The summed E-state index contributed by atoms with van der Waals surface area (Å²) in [6, 6.07) is 5.23. The van der Waals surface area contributed by atoms with Gasteiger partial charge in [-0.1, -0.05) is 33.8 Å². The molecule has 1 atom stereocenters. The molecule has 0 aliphatic heterocycles. The molecule has 1 rings (SSSR count). The molecule has 0 spiro atoms. The van der Waals surface area contributed by atoms with Gasteiger partial charge in [-0.3, -0.25) is 0 Å². The van der Waals surface area contributed by atoms with E-state index in [1.165, 1.54) is 4.88 Å². The molecule has 3 nitrogen and oxygen atoms in total. The van der Waals surface area contributed by atoms with Crippen molar-refractivity contribution >= 4 is 20.1 Å². The SMILES string of the molecule is CCCO[Si](CC(C)Cc1cccs1)(OCCC)OCCC. The molecule has 0 N–H and O–H groups in total. The minimum atomic E-state index is -2.55. The third-order valence-corrected chi connectivity index (χ3v) is 7.33. The van der Waals surface area contributed by atoms with Crippen LogP contribution in [-0.4, -0.2) is 28.6 Å². The van der Waals surface area contributed by atoms with E-state index in [4.69, 9.17) is 13.3 Å². The maximum absolute atomic E-state index is 6.17. The van der Waals surface area contributed by atoms with Crippen LogP contribution in [0.2, 0.25) is 6.04 Å². The Balaban J connectivity index is 2.70. The number of thiophene rings is 1. The third-order valence-electron chi connectivity index (χ3n) is 3.31. The average Bonchev–Trinajstić information content (AvgIpc) is 3.01. The highest BCUT2D eigenvalue weighted by atomic mass is 32.1. The van der Waals surface area contributed by atoms with Crippen LogP contribution < -0.4 is 0 Å². The Morgan fingerprint density at radius 1 is 1.00 bits per heavy atom. The van der Waals surface area contributed by atoms with Crippen molar-refractivity contribution in [3.63, 3.8) is 0 Å². The van der Waals surface area contributed by atoms with Crippen LogP contribution >= 0.6 is 11.3 Å². The maximum Gasteiger partial charge on any atom is 0.501 e. The van der Waals surface area contributed by atoms with Crippen LogP contribution in [0.1, 0.15) is 51.8 Å². The number of hydrogen-bond donors (Lipinski definition) is 0.